The van der Waals surface area contributed by atoms with E-state index in [1.165, 1.54) is 11.8 Å². The van der Waals surface area contributed by atoms with E-state index in [0.29, 0.717) is 17.8 Å². The highest BCUT2D eigenvalue weighted by Gasteiger charge is 2.42. The molecular formula is C29H33N3O3S. The second kappa shape index (κ2) is 10.3. The molecule has 0 saturated carbocycles. The lowest BCUT2D eigenvalue weighted by atomic mass is 9.91. The maximum absolute atomic E-state index is 13.5. The molecule has 2 heterocycles. The molecule has 2 aromatic rings. The number of fused-ring (bicyclic) bond motifs is 1. The first-order valence-electron chi connectivity index (χ1n) is 12.1. The van der Waals surface area contributed by atoms with Gasteiger partial charge in [0.05, 0.1) is 23.7 Å². The van der Waals surface area contributed by atoms with E-state index in [1.54, 1.807) is 4.90 Å². The summed E-state index contributed by atoms with van der Waals surface area (Å²) in [5.74, 6) is -0.389. The molecule has 7 heteroatoms. The Morgan fingerprint density at radius 3 is 2.39 bits per heavy atom. The van der Waals surface area contributed by atoms with Crippen LogP contribution in [0.25, 0.3) is 0 Å². The Kier molecular flexibility index (Phi) is 7.41. The molecule has 2 aliphatic heterocycles. The van der Waals surface area contributed by atoms with Gasteiger partial charge in [-0.2, -0.15) is 0 Å². The Morgan fingerprint density at radius 2 is 1.72 bits per heavy atom. The second-order valence-corrected chi connectivity index (χ2v) is 11.0. The number of allylic oxidation sites excluding steroid dienone is 1. The summed E-state index contributed by atoms with van der Waals surface area (Å²) in [6.07, 6.45) is 0.207. The van der Waals surface area contributed by atoms with E-state index < -0.39 is 11.6 Å². The first-order valence-corrected chi connectivity index (χ1v) is 12.9. The summed E-state index contributed by atoms with van der Waals surface area (Å²) in [4.78, 5) is 35.3. The zero-order chi connectivity index (χ0) is 26.0. The number of aryl methyl sites for hydroxylation is 1. The Morgan fingerprint density at radius 1 is 1.06 bits per heavy atom. The summed E-state index contributed by atoms with van der Waals surface area (Å²) >= 11 is 1.48. The van der Waals surface area contributed by atoms with Crippen LogP contribution in [0, 0.1) is 6.92 Å². The third-order valence-corrected chi connectivity index (χ3v) is 7.01. The maximum Gasteiger partial charge on any atom is 0.338 e. The van der Waals surface area contributed by atoms with Crippen LogP contribution in [0.3, 0.4) is 0 Å². The van der Waals surface area contributed by atoms with Crippen molar-refractivity contribution in [1.82, 2.24) is 9.80 Å². The smallest absolute Gasteiger partial charge is 0.338 e. The number of amidine groups is 1. The van der Waals surface area contributed by atoms with E-state index in [2.05, 4.69) is 0 Å². The number of benzene rings is 2. The highest BCUT2D eigenvalue weighted by Crippen LogP contribution is 2.45. The number of amides is 1. The quantitative estimate of drug-likeness (QED) is 0.455. The van der Waals surface area contributed by atoms with E-state index in [0.717, 1.165) is 27.6 Å². The van der Waals surface area contributed by atoms with Gasteiger partial charge in [-0.1, -0.05) is 66.4 Å². The fourth-order valence-electron chi connectivity index (χ4n) is 4.39. The molecule has 0 N–H and O–H groups in total. The van der Waals surface area contributed by atoms with Crippen molar-refractivity contribution >= 4 is 28.8 Å². The van der Waals surface area contributed by atoms with Crippen molar-refractivity contribution in [3.8, 4) is 0 Å². The third kappa shape index (κ3) is 5.57. The lowest BCUT2D eigenvalue weighted by molar-refractivity contribution is -0.150. The van der Waals surface area contributed by atoms with E-state index >= 15 is 0 Å². The first kappa shape index (κ1) is 25.8. The van der Waals surface area contributed by atoms with Crippen LogP contribution in [-0.2, 0) is 20.9 Å². The van der Waals surface area contributed by atoms with Crippen molar-refractivity contribution < 1.29 is 14.3 Å². The number of carbonyl (C=O) groups excluding carboxylic acids is 2. The number of carbonyl (C=O) groups is 2. The Hall–Kier alpha value is -3.32. The van der Waals surface area contributed by atoms with Gasteiger partial charge in [0.25, 0.3) is 0 Å². The molecule has 0 aliphatic carbocycles. The van der Waals surface area contributed by atoms with Gasteiger partial charge in [0, 0.05) is 19.3 Å². The average Bonchev–Trinajstić information content (AvgIpc) is 3.20. The second-order valence-electron chi connectivity index (χ2n) is 10.2. The normalized spacial score (nSPS) is 17.4. The van der Waals surface area contributed by atoms with Crippen molar-refractivity contribution in [3.05, 3.63) is 93.7 Å². The third-order valence-electron chi connectivity index (χ3n) is 6.12. The predicted molar refractivity (Wildman–Crippen MR) is 145 cm³/mol. The summed E-state index contributed by atoms with van der Waals surface area (Å²) in [5.41, 5.74) is 4.45. The number of aliphatic imine (C=N–C) groups is 1. The van der Waals surface area contributed by atoms with Gasteiger partial charge in [0.2, 0.25) is 5.91 Å². The highest BCUT2D eigenvalue weighted by atomic mass is 32.2. The molecular weight excluding hydrogens is 470 g/mol. The molecule has 2 aromatic carbocycles. The van der Waals surface area contributed by atoms with E-state index in [9.17, 15) is 9.59 Å². The molecule has 0 fully saturated rings. The number of rotatable bonds is 6. The van der Waals surface area contributed by atoms with Crippen molar-refractivity contribution in [3.63, 3.8) is 0 Å². The molecule has 0 radical (unpaired) electrons. The molecule has 0 spiro atoms. The van der Waals surface area contributed by atoms with Crippen LogP contribution in [-0.4, -0.2) is 39.5 Å². The van der Waals surface area contributed by atoms with Crippen LogP contribution < -0.4 is 0 Å². The molecule has 188 valence electrons. The van der Waals surface area contributed by atoms with Gasteiger partial charge >= 0.3 is 5.97 Å². The van der Waals surface area contributed by atoms with Crippen molar-refractivity contribution in [2.24, 2.45) is 4.99 Å². The minimum Gasteiger partial charge on any atom is -0.456 e. The molecule has 0 saturated heterocycles. The molecule has 6 nitrogen and oxygen atoms in total. The maximum atomic E-state index is 13.5. The Labute approximate surface area is 217 Å². The molecule has 4 rings (SSSR count). The van der Waals surface area contributed by atoms with Gasteiger partial charge in [-0.3, -0.25) is 4.79 Å². The lowest BCUT2D eigenvalue weighted by Gasteiger charge is -2.38. The minimum absolute atomic E-state index is 0.000537. The number of esters is 1. The fourth-order valence-corrected chi connectivity index (χ4v) is 5.35. The number of thioether (sulfide) groups is 1. The monoisotopic (exact) mass is 503 g/mol. The average molecular weight is 504 g/mol. The Bertz CT molecular complexity index is 1260. The van der Waals surface area contributed by atoms with Gasteiger partial charge in [-0.05, 0) is 56.7 Å². The zero-order valence-corrected chi connectivity index (χ0v) is 22.6. The van der Waals surface area contributed by atoms with Crippen LogP contribution in [0.1, 0.15) is 56.8 Å². The van der Waals surface area contributed by atoms with Gasteiger partial charge in [-0.25, -0.2) is 9.79 Å². The van der Waals surface area contributed by atoms with Crippen LogP contribution >= 0.6 is 11.8 Å². The topological polar surface area (TPSA) is 62.2 Å². The van der Waals surface area contributed by atoms with Crippen LogP contribution in [0.15, 0.2) is 82.0 Å². The molecule has 0 bridgehead atoms. The van der Waals surface area contributed by atoms with Crippen LogP contribution in [0.5, 0.6) is 0 Å². The summed E-state index contributed by atoms with van der Waals surface area (Å²) in [7, 11) is 1.82. The number of ether oxygens (including phenoxy) is 1. The highest BCUT2D eigenvalue weighted by molar-refractivity contribution is 8.16. The zero-order valence-electron chi connectivity index (χ0n) is 21.7. The van der Waals surface area contributed by atoms with Crippen LogP contribution in [0.2, 0.25) is 0 Å². The van der Waals surface area contributed by atoms with Crippen molar-refractivity contribution in [2.45, 2.75) is 59.2 Å². The Balaban J connectivity index is 1.67. The number of hydrogen-bond donors (Lipinski definition) is 0. The van der Waals surface area contributed by atoms with Crippen LogP contribution in [0.4, 0.5) is 0 Å². The molecule has 36 heavy (non-hydrogen) atoms. The van der Waals surface area contributed by atoms with E-state index in [-0.39, 0.29) is 18.3 Å². The largest absolute Gasteiger partial charge is 0.456 e. The van der Waals surface area contributed by atoms with Gasteiger partial charge in [0.1, 0.15) is 5.60 Å². The summed E-state index contributed by atoms with van der Waals surface area (Å²) < 4.78 is 5.81. The van der Waals surface area contributed by atoms with E-state index in [1.807, 2.05) is 107 Å². The lowest BCUT2D eigenvalue weighted by Crippen LogP contribution is -2.39. The van der Waals surface area contributed by atoms with Crippen molar-refractivity contribution in [1.29, 1.82) is 0 Å². The number of hydrogen-bond acceptors (Lipinski definition) is 6. The van der Waals surface area contributed by atoms with Crippen molar-refractivity contribution in [2.75, 3.05) is 7.05 Å². The fraction of sp³-hybridized carbons (Fsp3) is 0.345. The molecule has 1 atom stereocenters. The summed E-state index contributed by atoms with van der Waals surface area (Å²) in [6, 6.07) is 17.5. The molecule has 2 aliphatic rings. The van der Waals surface area contributed by atoms with Gasteiger partial charge in [-0.15, -0.1) is 0 Å². The summed E-state index contributed by atoms with van der Waals surface area (Å²) in [5, 5.41) is 2.74. The first-order chi connectivity index (χ1) is 17.0. The standard InChI is InChI=1S/C29H33N3O3S/c1-19-12-10-11-15-23(19)26-25(27(34)35-29(3,4)5)20(2)30-28-32(26)22(18-36-28)16-24(33)31(6)17-21-13-8-7-9-14-21/h7-15,18,26H,16-17H2,1-6H3. The predicted octanol–water partition coefficient (Wildman–Crippen LogP) is 5.96. The summed E-state index contributed by atoms with van der Waals surface area (Å²) in [6.45, 7) is 10.0. The van der Waals surface area contributed by atoms with Gasteiger partial charge < -0.3 is 14.5 Å². The molecule has 1 amide bonds. The molecule has 1 unspecified atom stereocenters. The van der Waals surface area contributed by atoms with Gasteiger partial charge in [0.15, 0.2) is 5.17 Å². The number of nitrogens with zero attached hydrogens (tertiary/aromatic N) is 3. The SMILES string of the molecule is CC1=C(C(=O)OC(C)(C)C)C(c2ccccc2C)N2C(CC(=O)N(C)Cc3ccccc3)=CSC2=N1. The van der Waals surface area contributed by atoms with E-state index in [4.69, 9.17) is 9.73 Å². The minimum atomic E-state index is -0.640. The molecule has 0 aromatic heterocycles.